The molecule has 0 aliphatic heterocycles. The van der Waals surface area contributed by atoms with Crippen molar-refractivity contribution >= 4 is 19.8 Å². The van der Waals surface area contributed by atoms with Gasteiger partial charge in [0.2, 0.25) is 0 Å². The lowest BCUT2D eigenvalue weighted by molar-refractivity contribution is -0.220. The zero-order valence-electron chi connectivity index (χ0n) is 38.7. The van der Waals surface area contributed by atoms with Crippen molar-refractivity contribution in [2.45, 2.75) is 172 Å². The molecule has 0 radical (unpaired) electrons. The largest absolute Gasteiger partial charge is 0.472 e. The van der Waals surface area contributed by atoms with E-state index >= 15 is 0 Å². The van der Waals surface area contributed by atoms with Crippen molar-refractivity contribution in [1.29, 1.82) is 0 Å². The maximum atomic E-state index is 12.8. The van der Waals surface area contributed by atoms with Crippen LogP contribution in [0.2, 0.25) is 0 Å². The van der Waals surface area contributed by atoms with Gasteiger partial charge in [-0.1, -0.05) is 148 Å². The van der Waals surface area contributed by atoms with Crippen molar-refractivity contribution in [3.8, 4) is 0 Å². The second-order valence-corrected chi connectivity index (χ2v) is 16.9. The lowest BCUT2D eigenvalue weighted by Gasteiger charge is -2.41. The monoisotopic (exact) mass is 931 g/mol. The highest BCUT2D eigenvalue weighted by molar-refractivity contribution is 7.47. The normalized spacial score (nSPS) is 22.5. The summed E-state index contributed by atoms with van der Waals surface area (Å²) in [4.78, 5) is 35.7. The fourth-order valence-corrected chi connectivity index (χ4v) is 7.04. The van der Waals surface area contributed by atoms with Gasteiger partial charge in [-0.3, -0.25) is 18.6 Å². The van der Waals surface area contributed by atoms with Crippen molar-refractivity contribution in [3.05, 3.63) is 122 Å². The summed E-state index contributed by atoms with van der Waals surface area (Å²) in [7, 11) is -5.16. The molecule has 1 fully saturated rings. The molecular weight excluding hydrogens is 852 g/mol. The maximum absolute atomic E-state index is 12.8. The van der Waals surface area contributed by atoms with Crippen LogP contribution in [0.3, 0.4) is 0 Å². The summed E-state index contributed by atoms with van der Waals surface area (Å²) in [5.41, 5.74) is 0. The van der Waals surface area contributed by atoms with Crippen LogP contribution in [-0.2, 0) is 32.7 Å². The summed E-state index contributed by atoms with van der Waals surface area (Å²) in [6.07, 6.45) is 42.7. The SMILES string of the molecule is CC/C=C\C/C=C\C/C=C\C/C=C\C/C=C\C/C=C\CCC(=O)OC[C@H](COP(=O)(O)OC1C(O)C(O)C(O)[C@@H](O)C1O)OC(=O)CCC/C=C\C/C=C\C/C=C\C/C=C\CCCCC. The molecule has 13 nitrogen and oxygen atoms in total. The van der Waals surface area contributed by atoms with Gasteiger partial charge in [0.05, 0.1) is 6.61 Å². The summed E-state index contributed by atoms with van der Waals surface area (Å²) in [6.45, 7) is 3.03. The van der Waals surface area contributed by atoms with E-state index in [9.17, 15) is 44.6 Å². The number of carbonyl (C=O) groups is 2. The number of unbranched alkanes of at least 4 members (excludes halogenated alkanes) is 4. The highest BCUT2D eigenvalue weighted by atomic mass is 31.2. The van der Waals surface area contributed by atoms with E-state index < -0.39 is 75.7 Å². The predicted molar refractivity (Wildman–Crippen MR) is 257 cm³/mol. The first-order chi connectivity index (χ1) is 31.4. The summed E-state index contributed by atoms with van der Waals surface area (Å²) in [6, 6.07) is 0. The van der Waals surface area contributed by atoms with Crippen LogP contribution in [0.1, 0.15) is 129 Å². The van der Waals surface area contributed by atoms with Gasteiger partial charge in [0.1, 0.15) is 43.2 Å². The Morgan fingerprint density at radius 2 is 0.892 bits per heavy atom. The van der Waals surface area contributed by atoms with Crippen molar-refractivity contribution in [1.82, 2.24) is 0 Å². The van der Waals surface area contributed by atoms with Crippen LogP contribution < -0.4 is 0 Å². The molecule has 0 aromatic rings. The molecule has 65 heavy (non-hydrogen) atoms. The molecule has 6 unspecified atom stereocenters. The minimum Gasteiger partial charge on any atom is -0.462 e. The smallest absolute Gasteiger partial charge is 0.462 e. The van der Waals surface area contributed by atoms with Gasteiger partial charge in [-0.05, 0) is 89.9 Å². The standard InChI is InChI=1S/C51H79O13P/c1-3-5-7-9-11-13-15-17-19-21-22-24-25-27-29-31-33-35-37-39-44(52)61-41-43(42-62-65(59,60)64-51-49(57)47(55)46(54)48(56)50(51)58)63-45(53)40-38-36-34-32-30-28-26-23-20-18-16-14-12-10-8-6-4-2/h5,7,11-14,17-20,22,24,26-29,32-35,43,46-51,54-58H,3-4,6,8-10,15-16,21,23,25,30-31,36-42H2,1-2H3,(H,59,60)/b7-5-,13-11-,14-12-,19-17-,20-18-,24-22-,28-26-,29-27-,34-32-,35-33-/t43-,46?,47-,48?,49?,50?,51?/m1/s1. The number of aliphatic hydroxyl groups excluding tert-OH is 5. The number of ether oxygens (including phenoxy) is 2. The summed E-state index contributed by atoms with van der Waals surface area (Å²) < 4.78 is 33.4. The van der Waals surface area contributed by atoms with E-state index in [0.717, 1.165) is 57.8 Å². The van der Waals surface area contributed by atoms with Crippen LogP contribution in [0, 0.1) is 0 Å². The number of hydrogen-bond donors (Lipinski definition) is 6. The first-order valence-electron chi connectivity index (χ1n) is 23.3. The van der Waals surface area contributed by atoms with Gasteiger partial charge >= 0.3 is 19.8 Å². The van der Waals surface area contributed by atoms with Gasteiger partial charge in [-0.25, -0.2) is 4.57 Å². The maximum Gasteiger partial charge on any atom is 0.472 e. The number of aliphatic hydroxyl groups is 5. The van der Waals surface area contributed by atoms with Crippen LogP contribution in [0.25, 0.3) is 0 Å². The molecule has 1 aliphatic carbocycles. The number of esters is 2. The van der Waals surface area contributed by atoms with Crippen LogP contribution in [0.15, 0.2) is 122 Å². The quantitative estimate of drug-likeness (QED) is 0.0150. The number of rotatable bonds is 36. The average Bonchev–Trinajstić information content (AvgIpc) is 3.29. The molecule has 6 N–H and O–H groups in total. The molecule has 0 bridgehead atoms. The van der Waals surface area contributed by atoms with E-state index in [-0.39, 0.29) is 12.8 Å². The van der Waals surface area contributed by atoms with Gasteiger partial charge in [0, 0.05) is 12.8 Å². The molecule has 0 aromatic heterocycles. The topological polar surface area (TPSA) is 210 Å². The Kier molecular flexibility index (Phi) is 35.9. The summed E-state index contributed by atoms with van der Waals surface area (Å²) >= 11 is 0. The van der Waals surface area contributed by atoms with E-state index in [4.69, 9.17) is 18.5 Å². The summed E-state index contributed by atoms with van der Waals surface area (Å²) in [5.74, 6) is -1.28. The lowest BCUT2D eigenvalue weighted by atomic mass is 9.85. The lowest BCUT2D eigenvalue weighted by Crippen LogP contribution is -2.64. The minimum absolute atomic E-state index is 0.00297. The first-order valence-corrected chi connectivity index (χ1v) is 24.8. The Hall–Kier alpha value is -3.75. The van der Waals surface area contributed by atoms with E-state index in [0.29, 0.717) is 25.7 Å². The van der Waals surface area contributed by atoms with Gasteiger partial charge < -0.3 is 39.9 Å². The number of carbonyl (C=O) groups excluding carboxylic acids is 2. The number of hydrogen-bond acceptors (Lipinski definition) is 12. The highest BCUT2D eigenvalue weighted by Gasteiger charge is 2.51. The van der Waals surface area contributed by atoms with Gasteiger partial charge in [-0.2, -0.15) is 0 Å². The molecule has 0 heterocycles. The minimum atomic E-state index is -5.16. The van der Waals surface area contributed by atoms with Crippen molar-refractivity contribution in [3.63, 3.8) is 0 Å². The summed E-state index contributed by atoms with van der Waals surface area (Å²) in [5, 5.41) is 50.2. The third-order valence-corrected chi connectivity index (χ3v) is 10.8. The second kappa shape index (κ2) is 39.4. The van der Waals surface area contributed by atoms with E-state index in [1.54, 1.807) is 0 Å². The highest BCUT2D eigenvalue weighted by Crippen LogP contribution is 2.47. The molecule has 0 saturated heterocycles. The Morgan fingerprint density at radius 3 is 1.34 bits per heavy atom. The van der Waals surface area contributed by atoms with E-state index in [2.05, 4.69) is 105 Å². The predicted octanol–water partition coefficient (Wildman–Crippen LogP) is 9.39. The van der Waals surface area contributed by atoms with E-state index in [1.807, 2.05) is 30.4 Å². The van der Waals surface area contributed by atoms with Gasteiger partial charge in [0.25, 0.3) is 0 Å². The molecule has 0 spiro atoms. The third kappa shape index (κ3) is 31.7. The van der Waals surface area contributed by atoms with Crippen LogP contribution >= 0.6 is 7.82 Å². The molecule has 1 rings (SSSR count). The average molecular weight is 931 g/mol. The second-order valence-electron chi connectivity index (χ2n) is 15.5. The Bertz CT molecular complexity index is 1590. The van der Waals surface area contributed by atoms with Crippen LogP contribution in [0.4, 0.5) is 0 Å². The molecule has 8 atom stereocenters. The zero-order valence-corrected chi connectivity index (χ0v) is 39.6. The Morgan fingerprint density at radius 1 is 0.492 bits per heavy atom. The van der Waals surface area contributed by atoms with Crippen molar-refractivity contribution in [2.75, 3.05) is 13.2 Å². The molecule has 0 aromatic carbocycles. The van der Waals surface area contributed by atoms with E-state index in [1.165, 1.54) is 19.3 Å². The number of allylic oxidation sites excluding steroid dienone is 20. The Labute approximate surface area is 388 Å². The van der Waals surface area contributed by atoms with Crippen LogP contribution in [-0.4, -0.2) is 98.3 Å². The van der Waals surface area contributed by atoms with Crippen molar-refractivity contribution < 1.29 is 63.1 Å². The number of phosphoric acid groups is 1. The molecule has 366 valence electrons. The fourth-order valence-electron chi connectivity index (χ4n) is 6.07. The molecule has 0 amide bonds. The molecular formula is C51H79O13P. The first kappa shape index (κ1) is 59.3. The molecule has 1 saturated carbocycles. The van der Waals surface area contributed by atoms with Crippen molar-refractivity contribution in [2.24, 2.45) is 0 Å². The Balaban J connectivity index is 2.56. The fraction of sp³-hybridized carbons (Fsp3) is 0.569. The zero-order chi connectivity index (χ0) is 47.8. The van der Waals surface area contributed by atoms with Gasteiger partial charge in [0.15, 0.2) is 6.10 Å². The molecule has 14 heteroatoms. The number of phosphoric ester groups is 1. The van der Waals surface area contributed by atoms with Crippen LogP contribution in [0.5, 0.6) is 0 Å². The third-order valence-electron chi connectivity index (χ3n) is 9.80. The molecule has 1 aliphatic rings. The van der Waals surface area contributed by atoms with Gasteiger partial charge in [-0.15, -0.1) is 0 Å².